The maximum absolute atomic E-state index is 12.2. The van der Waals surface area contributed by atoms with Gasteiger partial charge in [-0.3, -0.25) is 20.4 Å². The SMILES string of the molecule is CC(Oc1ccc(C(C)C)cc1)C(=O)NNC(=O)COc1ccc(C(C)(C)C)cc1Br. The van der Waals surface area contributed by atoms with Crippen LogP contribution < -0.4 is 20.3 Å². The van der Waals surface area contributed by atoms with E-state index in [1.165, 1.54) is 5.56 Å². The molecule has 7 heteroatoms. The topological polar surface area (TPSA) is 76.7 Å². The summed E-state index contributed by atoms with van der Waals surface area (Å²) in [4.78, 5) is 24.2. The fraction of sp³-hybridized carbons (Fsp3) is 0.417. The van der Waals surface area contributed by atoms with Crippen LogP contribution in [0.3, 0.4) is 0 Å². The van der Waals surface area contributed by atoms with Gasteiger partial charge in [-0.25, -0.2) is 0 Å². The Morgan fingerprint density at radius 2 is 1.65 bits per heavy atom. The van der Waals surface area contributed by atoms with Gasteiger partial charge in [-0.1, -0.05) is 52.8 Å². The van der Waals surface area contributed by atoms with Gasteiger partial charge in [0.1, 0.15) is 11.5 Å². The monoisotopic (exact) mass is 490 g/mol. The normalized spacial score (nSPS) is 12.3. The van der Waals surface area contributed by atoms with Crippen LogP contribution in [0.2, 0.25) is 0 Å². The maximum atomic E-state index is 12.2. The van der Waals surface area contributed by atoms with Crippen LogP contribution in [0.25, 0.3) is 0 Å². The summed E-state index contributed by atoms with van der Waals surface area (Å²) in [7, 11) is 0. The van der Waals surface area contributed by atoms with Crippen molar-refractivity contribution in [3.05, 3.63) is 58.1 Å². The Morgan fingerprint density at radius 1 is 1.00 bits per heavy atom. The van der Waals surface area contributed by atoms with Gasteiger partial charge in [0.25, 0.3) is 11.8 Å². The highest BCUT2D eigenvalue weighted by atomic mass is 79.9. The zero-order valence-corrected chi connectivity index (χ0v) is 20.5. The summed E-state index contributed by atoms with van der Waals surface area (Å²) in [6, 6.07) is 13.3. The van der Waals surface area contributed by atoms with E-state index in [0.717, 1.165) is 10.0 Å². The molecule has 0 heterocycles. The van der Waals surface area contributed by atoms with Crippen molar-refractivity contribution < 1.29 is 19.1 Å². The summed E-state index contributed by atoms with van der Waals surface area (Å²) in [5, 5.41) is 0. The lowest BCUT2D eigenvalue weighted by Crippen LogP contribution is -2.48. The number of hydrogen-bond acceptors (Lipinski definition) is 4. The van der Waals surface area contributed by atoms with Crippen molar-refractivity contribution in [1.82, 2.24) is 10.9 Å². The number of amides is 2. The van der Waals surface area contributed by atoms with Gasteiger partial charge >= 0.3 is 0 Å². The lowest BCUT2D eigenvalue weighted by molar-refractivity contribution is -0.133. The molecule has 2 aromatic carbocycles. The first-order valence-corrected chi connectivity index (χ1v) is 11.0. The number of nitrogens with one attached hydrogen (secondary N) is 2. The number of hydrazine groups is 1. The van der Waals surface area contributed by atoms with Crippen molar-refractivity contribution in [2.75, 3.05) is 6.61 Å². The van der Waals surface area contributed by atoms with E-state index < -0.39 is 17.9 Å². The molecule has 0 radical (unpaired) electrons. The predicted octanol–water partition coefficient (Wildman–Crippen LogP) is 4.86. The molecule has 1 unspecified atom stereocenters. The maximum Gasteiger partial charge on any atom is 0.279 e. The molecular formula is C24H31BrN2O4. The van der Waals surface area contributed by atoms with E-state index in [1.807, 2.05) is 42.5 Å². The zero-order chi connectivity index (χ0) is 23.2. The molecular weight excluding hydrogens is 460 g/mol. The number of hydrogen-bond donors (Lipinski definition) is 2. The molecule has 0 spiro atoms. The molecule has 0 saturated heterocycles. The zero-order valence-electron chi connectivity index (χ0n) is 18.9. The van der Waals surface area contributed by atoms with Crippen molar-refractivity contribution in [2.45, 2.75) is 59.0 Å². The molecule has 0 aliphatic carbocycles. The van der Waals surface area contributed by atoms with E-state index in [2.05, 4.69) is 61.4 Å². The molecule has 0 aliphatic heterocycles. The third-order valence-electron chi connectivity index (χ3n) is 4.71. The van der Waals surface area contributed by atoms with Gasteiger partial charge in [0.2, 0.25) is 0 Å². The molecule has 0 saturated carbocycles. The van der Waals surface area contributed by atoms with Gasteiger partial charge in [-0.05, 0) is 69.6 Å². The number of rotatable bonds is 7. The molecule has 2 N–H and O–H groups in total. The summed E-state index contributed by atoms with van der Waals surface area (Å²) in [5.41, 5.74) is 7.05. The highest BCUT2D eigenvalue weighted by Gasteiger charge is 2.17. The van der Waals surface area contributed by atoms with E-state index in [4.69, 9.17) is 9.47 Å². The van der Waals surface area contributed by atoms with Gasteiger partial charge in [-0.15, -0.1) is 0 Å². The Labute approximate surface area is 192 Å². The smallest absolute Gasteiger partial charge is 0.279 e. The lowest BCUT2D eigenvalue weighted by atomic mass is 9.87. The Balaban J connectivity index is 1.79. The Bertz CT molecular complexity index is 905. The van der Waals surface area contributed by atoms with Crippen molar-refractivity contribution in [2.24, 2.45) is 0 Å². The second-order valence-corrected chi connectivity index (χ2v) is 9.56. The van der Waals surface area contributed by atoms with Crippen LogP contribution in [-0.4, -0.2) is 24.5 Å². The minimum atomic E-state index is -0.773. The number of carbonyl (C=O) groups excluding carboxylic acids is 2. The Morgan fingerprint density at radius 3 is 2.19 bits per heavy atom. The van der Waals surface area contributed by atoms with Gasteiger partial charge in [0.05, 0.1) is 4.47 Å². The molecule has 31 heavy (non-hydrogen) atoms. The van der Waals surface area contributed by atoms with Crippen LogP contribution in [-0.2, 0) is 15.0 Å². The van der Waals surface area contributed by atoms with Crippen molar-refractivity contribution in [1.29, 1.82) is 0 Å². The van der Waals surface area contributed by atoms with Crippen LogP contribution in [0.4, 0.5) is 0 Å². The summed E-state index contributed by atoms with van der Waals surface area (Å²) >= 11 is 3.47. The highest BCUT2D eigenvalue weighted by molar-refractivity contribution is 9.10. The number of ether oxygens (including phenoxy) is 2. The molecule has 0 bridgehead atoms. The third kappa shape index (κ3) is 7.58. The molecule has 6 nitrogen and oxygen atoms in total. The molecule has 1 atom stereocenters. The summed E-state index contributed by atoms with van der Waals surface area (Å²) in [6.45, 7) is 12.0. The molecule has 2 rings (SSSR count). The largest absolute Gasteiger partial charge is 0.483 e. The molecule has 2 amide bonds. The van der Waals surface area contributed by atoms with Crippen LogP contribution in [0, 0.1) is 0 Å². The quantitative estimate of drug-likeness (QED) is 0.543. The van der Waals surface area contributed by atoms with Crippen molar-refractivity contribution in [3.63, 3.8) is 0 Å². The van der Waals surface area contributed by atoms with Crippen molar-refractivity contribution in [3.8, 4) is 11.5 Å². The average molecular weight is 491 g/mol. The summed E-state index contributed by atoms with van der Waals surface area (Å²) in [6.07, 6.45) is -0.773. The predicted molar refractivity (Wildman–Crippen MR) is 125 cm³/mol. The van der Waals surface area contributed by atoms with Crippen LogP contribution in [0.5, 0.6) is 11.5 Å². The fourth-order valence-corrected chi connectivity index (χ4v) is 3.18. The van der Waals surface area contributed by atoms with E-state index in [-0.39, 0.29) is 12.0 Å². The third-order valence-corrected chi connectivity index (χ3v) is 5.33. The minimum absolute atomic E-state index is 0.0118. The second kappa shape index (κ2) is 10.7. The van der Waals surface area contributed by atoms with Gasteiger partial charge in [0.15, 0.2) is 12.7 Å². The number of halogens is 1. The first-order chi connectivity index (χ1) is 14.5. The van der Waals surface area contributed by atoms with Gasteiger partial charge in [-0.2, -0.15) is 0 Å². The molecule has 0 aliphatic rings. The van der Waals surface area contributed by atoms with E-state index in [1.54, 1.807) is 6.92 Å². The Hall–Kier alpha value is -2.54. The number of benzene rings is 2. The average Bonchev–Trinajstić information content (AvgIpc) is 2.70. The lowest BCUT2D eigenvalue weighted by Gasteiger charge is -2.20. The second-order valence-electron chi connectivity index (χ2n) is 8.71. The molecule has 168 valence electrons. The first kappa shape index (κ1) is 24.7. The molecule has 0 aromatic heterocycles. The van der Waals surface area contributed by atoms with Crippen molar-refractivity contribution >= 4 is 27.7 Å². The van der Waals surface area contributed by atoms with Gasteiger partial charge < -0.3 is 9.47 Å². The van der Waals surface area contributed by atoms with E-state index in [9.17, 15) is 9.59 Å². The van der Waals surface area contributed by atoms with E-state index >= 15 is 0 Å². The molecule has 2 aromatic rings. The Kier molecular flexibility index (Phi) is 8.51. The van der Waals surface area contributed by atoms with Crippen LogP contribution in [0.15, 0.2) is 46.9 Å². The summed E-state index contributed by atoms with van der Waals surface area (Å²) < 4.78 is 11.9. The van der Waals surface area contributed by atoms with E-state index in [0.29, 0.717) is 17.4 Å². The summed E-state index contributed by atoms with van der Waals surface area (Å²) in [5.74, 6) is 0.621. The molecule has 0 fully saturated rings. The van der Waals surface area contributed by atoms with Gasteiger partial charge in [0, 0.05) is 0 Å². The minimum Gasteiger partial charge on any atom is -0.483 e. The highest BCUT2D eigenvalue weighted by Crippen LogP contribution is 2.31. The first-order valence-electron chi connectivity index (χ1n) is 10.3. The van der Waals surface area contributed by atoms with Crippen LogP contribution >= 0.6 is 15.9 Å². The standard InChI is InChI=1S/C24H31BrN2O4/c1-15(2)17-7-10-19(11-8-17)31-16(3)23(29)27-26-22(28)14-30-21-12-9-18(13-20(21)25)24(4,5)6/h7-13,15-16H,14H2,1-6H3,(H,26,28)(H,27,29). The van der Waals surface area contributed by atoms with Crippen LogP contribution in [0.1, 0.15) is 58.6 Å². The fourth-order valence-electron chi connectivity index (χ4n) is 2.69. The number of carbonyl (C=O) groups is 2.